The molecule has 1 unspecified atom stereocenters. The van der Waals surface area contributed by atoms with Crippen molar-refractivity contribution in [3.05, 3.63) is 23.5 Å². The Morgan fingerprint density at radius 3 is 2.95 bits per heavy atom. The summed E-state index contributed by atoms with van der Waals surface area (Å²) in [6, 6.07) is 2.05. The lowest BCUT2D eigenvalue weighted by Gasteiger charge is -2.10. The molecule has 110 valence electrons. The molecule has 3 heterocycles. The molecule has 3 rings (SSSR count). The van der Waals surface area contributed by atoms with Crippen molar-refractivity contribution in [2.45, 2.75) is 19.4 Å². The van der Waals surface area contributed by atoms with Crippen LogP contribution in [0.15, 0.2) is 12.3 Å². The van der Waals surface area contributed by atoms with E-state index in [0.29, 0.717) is 11.2 Å². The molecule has 1 amide bonds. The van der Waals surface area contributed by atoms with Crippen molar-refractivity contribution in [1.29, 1.82) is 0 Å². The van der Waals surface area contributed by atoms with Crippen LogP contribution in [-0.2, 0) is 0 Å². The highest BCUT2D eigenvalue weighted by molar-refractivity contribution is 5.97. The van der Waals surface area contributed by atoms with Crippen molar-refractivity contribution in [2.75, 3.05) is 13.1 Å². The maximum absolute atomic E-state index is 12.1. The number of nitrogens with one attached hydrogen (secondary N) is 3. The first-order chi connectivity index (χ1) is 8.74. The second-order valence-corrected chi connectivity index (χ2v) is 4.61. The van der Waals surface area contributed by atoms with E-state index in [2.05, 4.69) is 25.8 Å². The van der Waals surface area contributed by atoms with E-state index in [4.69, 9.17) is 0 Å². The zero-order valence-electron chi connectivity index (χ0n) is 11.0. The van der Waals surface area contributed by atoms with Gasteiger partial charge in [0.25, 0.3) is 5.91 Å². The van der Waals surface area contributed by atoms with Crippen LogP contribution in [0.25, 0.3) is 11.0 Å². The summed E-state index contributed by atoms with van der Waals surface area (Å²) in [5.74, 6) is -0.0706. The largest absolute Gasteiger partial charge is 0.348 e. The van der Waals surface area contributed by atoms with Crippen molar-refractivity contribution < 1.29 is 4.79 Å². The molecule has 1 saturated heterocycles. The molecule has 0 bridgehead atoms. The zero-order valence-corrected chi connectivity index (χ0v) is 12.6. The smallest absolute Gasteiger partial charge is 0.253 e. The van der Waals surface area contributed by atoms with Crippen LogP contribution in [-0.4, -0.2) is 40.2 Å². The first-order valence-electron chi connectivity index (χ1n) is 6.06. The zero-order chi connectivity index (χ0) is 12.5. The quantitative estimate of drug-likeness (QED) is 0.777. The topological polar surface area (TPSA) is 82.7 Å². The van der Waals surface area contributed by atoms with Gasteiger partial charge in [0, 0.05) is 29.9 Å². The van der Waals surface area contributed by atoms with Gasteiger partial charge in [0.15, 0.2) is 5.65 Å². The molecule has 0 aliphatic carbocycles. The van der Waals surface area contributed by atoms with Crippen molar-refractivity contribution in [2.24, 2.45) is 0 Å². The maximum Gasteiger partial charge on any atom is 0.253 e. The van der Waals surface area contributed by atoms with Crippen LogP contribution in [0.1, 0.15) is 22.5 Å². The number of hydrogen-bond donors (Lipinski definition) is 3. The van der Waals surface area contributed by atoms with Crippen LogP contribution in [0, 0.1) is 6.92 Å². The van der Waals surface area contributed by atoms with Crippen molar-refractivity contribution in [1.82, 2.24) is 25.8 Å². The van der Waals surface area contributed by atoms with E-state index in [-0.39, 0.29) is 36.8 Å². The SMILES string of the molecule is Cc1[nH]nc2ncc(C(=O)NC3CCNC3)cc12.Cl.Cl. The number of aromatic amines is 1. The van der Waals surface area contributed by atoms with Crippen LogP contribution in [0.5, 0.6) is 0 Å². The fourth-order valence-corrected chi connectivity index (χ4v) is 2.19. The highest BCUT2D eigenvalue weighted by Crippen LogP contribution is 2.14. The van der Waals surface area contributed by atoms with E-state index in [1.54, 1.807) is 6.20 Å². The van der Waals surface area contributed by atoms with Gasteiger partial charge in [-0.3, -0.25) is 9.89 Å². The van der Waals surface area contributed by atoms with Crippen LogP contribution < -0.4 is 10.6 Å². The molecule has 1 atom stereocenters. The van der Waals surface area contributed by atoms with E-state index < -0.39 is 0 Å². The van der Waals surface area contributed by atoms with Gasteiger partial charge in [-0.25, -0.2) is 4.98 Å². The third-order valence-corrected chi connectivity index (χ3v) is 3.26. The number of amides is 1. The molecule has 1 aliphatic rings. The minimum atomic E-state index is -0.0706. The fraction of sp³-hybridized carbons (Fsp3) is 0.417. The molecular formula is C12H17Cl2N5O. The third-order valence-electron chi connectivity index (χ3n) is 3.26. The molecule has 6 nitrogen and oxygen atoms in total. The Bertz CT molecular complexity index is 595. The summed E-state index contributed by atoms with van der Waals surface area (Å²) in [6.07, 6.45) is 2.55. The maximum atomic E-state index is 12.1. The van der Waals surface area contributed by atoms with E-state index in [1.807, 2.05) is 13.0 Å². The first kappa shape index (κ1) is 16.7. The van der Waals surface area contributed by atoms with Gasteiger partial charge >= 0.3 is 0 Å². The number of carbonyl (C=O) groups excluding carboxylic acids is 1. The molecule has 2 aromatic rings. The molecule has 0 radical (unpaired) electrons. The Kier molecular flexibility index (Phi) is 5.74. The minimum absolute atomic E-state index is 0. The van der Waals surface area contributed by atoms with E-state index in [9.17, 15) is 4.79 Å². The highest BCUT2D eigenvalue weighted by Gasteiger charge is 2.18. The molecule has 2 aromatic heterocycles. The lowest BCUT2D eigenvalue weighted by Crippen LogP contribution is -2.36. The molecule has 3 N–H and O–H groups in total. The summed E-state index contributed by atoms with van der Waals surface area (Å²) in [6.45, 7) is 3.72. The number of rotatable bonds is 2. The van der Waals surface area contributed by atoms with Crippen LogP contribution in [0.3, 0.4) is 0 Å². The van der Waals surface area contributed by atoms with Crippen molar-refractivity contribution in [3.63, 3.8) is 0 Å². The summed E-state index contributed by atoms with van der Waals surface area (Å²) in [7, 11) is 0. The van der Waals surface area contributed by atoms with Gasteiger partial charge in [-0.1, -0.05) is 0 Å². The van der Waals surface area contributed by atoms with Gasteiger partial charge in [-0.2, -0.15) is 5.10 Å². The van der Waals surface area contributed by atoms with Gasteiger partial charge in [0.05, 0.1) is 5.56 Å². The number of aromatic nitrogens is 3. The van der Waals surface area contributed by atoms with Gasteiger partial charge in [-0.05, 0) is 26.0 Å². The first-order valence-corrected chi connectivity index (χ1v) is 6.06. The van der Waals surface area contributed by atoms with Crippen LogP contribution in [0.2, 0.25) is 0 Å². The number of hydrogen-bond acceptors (Lipinski definition) is 4. The molecular weight excluding hydrogens is 301 g/mol. The van der Waals surface area contributed by atoms with E-state index >= 15 is 0 Å². The molecule has 1 aliphatic heterocycles. The van der Waals surface area contributed by atoms with Crippen molar-refractivity contribution >= 4 is 41.8 Å². The summed E-state index contributed by atoms with van der Waals surface area (Å²) >= 11 is 0. The Balaban J connectivity index is 0.000001000. The molecule has 8 heteroatoms. The molecule has 20 heavy (non-hydrogen) atoms. The van der Waals surface area contributed by atoms with Gasteiger partial charge < -0.3 is 10.6 Å². The number of H-pyrrole nitrogens is 1. The Hall–Kier alpha value is -1.37. The van der Waals surface area contributed by atoms with Crippen LogP contribution in [0.4, 0.5) is 0 Å². The fourth-order valence-electron chi connectivity index (χ4n) is 2.19. The number of fused-ring (bicyclic) bond motifs is 1. The van der Waals surface area contributed by atoms with Gasteiger partial charge in [0.1, 0.15) is 0 Å². The molecule has 0 saturated carbocycles. The average molecular weight is 318 g/mol. The summed E-state index contributed by atoms with van der Waals surface area (Å²) in [5, 5.41) is 14.0. The Morgan fingerprint density at radius 2 is 2.25 bits per heavy atom. The predicted octanol–water partition coefficient (Wildman–Crippen LogP) is 1.20. The van der Waals surface area contributed by atoms with E-state index in [0.717, 1.165) is 30.6 Å². The standard InChI is InChI=1S/C12H15N5O.2ClH/c1-7-10-4-8(5-14-11(10)17-16-7)12(18)15-9-2-3-13-6-9;;/h4-5,9,13H,2-3,6H2,1H3,(H,15,18)(H,14,16,17);2*1H. The number of pyridine rings is 1. The lowest BCUT2D eigenvalue weighted by molar-refractivity contribution is 0.0940. The van der Waals surface area contributed by atoms with Crippen molar-refractivity contribution in [3.8, 4) is 0 Å². The average Bonchev–Trinajstić information content (AvgIpc) is 3.00. The molecule has 0 aromatic carbocycles. The highest BCUT2D eigenvalue weighted by atomic mass is 35.5. The molecule has 0 spiro atoms. The normalized spacial score (nSPS) is 17.4. The van der Waals surface area contributed by atoms with Gasteiger partial charge in [0.2, 0.25) is 0 Å². The van der Waals surface area contributed by atoms with Crippen LogP contribution >= 0.6 is 24.8 Å². The third kappa shape index (κ3) is 3.20. The number of halogens is 2. The number of carbonyl (C=O) groups is 1. The predicted molar refractivity (Wildman–Crippen MR) is 81.9 cm³/mol. The summed E-state index contributed by atoms with van der Waals surface area (Å²) in [4.78, 5) is 16.2. The minimum Gasteiger partial charge on any atom is -0.348 e. The Labute approximate surface area is 128 Å². The summed E-state index contributed by atoms with van der Waals surface area (Å²) in [5.41, 5.74) is 2.15. The molecule has 1 fully saturated rings. The second kappa shape index (κ2) is 6.88. The van der Waals surface area contributed by atoms with E-state index in [1.165, 1.54) is 0 Å². The van der Waals surface area contributed by atoms with Gasteiger partial charge in [-0.15, -0.1) is 24.8 Å². The number of nitrogens with zero attached hydrogens (tertiary/aromatic N) is 2. The Morgan fingerprint density at radius 1 is 1.45 bits per heavy atom. The summed E-state index contributed by atoms with van der Waals surface area (Å²) < 4.78 is 0. The number of aryl methyl sites for hydroxylation is 1. The second-order valence-electron chi connectivity index (χ2n) is 4.61. The lowest BCUT2D eigenvalue weighted by atomic mass is 10.2. The monoisotopic (exact) mass is 317 g/mol.